The Hall–Kier alpha value is -1.07. The Morgan fingerprint density at radius 3 is 3.18 bits per heavy atom. The standard InChI is InChI=1S/C17H32N4O/c1-4-6-7-10-20(3)17(18-5-2)19-12-16-13-21-11-8-9-15(21)14-22-16/h4,15-16H,1,5-14H2,2-3H3,(H,18,19). The van der Waals surface area contributed by atoms with Crippen LogP contribution in [0.25, 0.3) is 0 Å². The van der Waals surface area contributed by atoms with Crippen LogP contribution in [0.1, 0.15) is 32.6 Å². The molecule has 0 aromatic rings. The lowest BCUT2D eigenvalue weighted by atomic mass is 10.2. The van der Waals surface area contributed by atoms with E-state index in [2.05, 4.69) is 35.7 Å². The first-order valence-corrected chi connectivity index (χ1v) is 8.70. The summed E-state index contributed by atoms with van der Waals surface area (Å²) in [6, 6.07) is 0.662. The number of rotatable bonds is 7. The lowest BCUT2D eigenvalue weighted by Crippen LogP contribution is -2.47. The summed E-state index contributed by atoms with van der Waals surface area (Å²) in [5.41, 5.74) is 0. The molecule has 0 saturated carbocycles. The summed E-state index contributed by atoms with van der Waals surface area (Å²) in [5, 5.41) is 3.38. The van der Waals surface area contributed by atoms with Gasteiger partial charge in [0, 0.05) is 32.7 Å². The molecule has 0 bridgehead atoms. The number of guanidine groups is 1. The number of allylic oxidation sites excluding steroid dienone is 1. The van der Waals surface area contributed by atoms with Gasteiger partial charge in [-0.15, -0.1) is 6.58 Å². The van der Waals surface area contributed by atoms with Gasteiger partial charge in [0.1, 0.15) is 0 Å². The molecule has 5 nitrogen and oxygen atoms in total. The normalized spacial score (nSPS) is 25.8. The second kappa shape index (κ2) is 9.16. The number of ether oxygens (including phenoxy) is 1. The third kappa shape index (κ3) is 4.99. The molecule has 0 radical (unpaired) electrons. The van der Waals surface area contributed by atoms with Gasteiger partial charge in [-0.1, -0.05) is 6.08 Å². The number of unbranched alkanes of at least 4 members (excludes halogenated alkanes) is 1. The summed E-state index contributed by atoms with van der Waals surface area (Å²) in [6.07, 6.45) is 6.99. The van der Waals surface area contributed by atoms with Crippen molar-refractivity contribution in [3.05, 3.63) is 12.7 Å². The molecule has 0 aliphatic carbocycles. The molecule has 0 amide bonds. The Bertz CT molecular complexity index is 372. The van der Waals surface area contributed by atoms with Crippen molar-refractivity contribution in [2.24, 2.45) is 4.99 Å². The predicted molar refractivity (Wildman–Crippen MR) is 92.4 cm³/mol. The lowest BCUT2D eigenvalue weighted by molar-refractivity contribution is -0.0432. The van der Waals surface area contributed by atoms with Gasteiger partial charge in [0.2, 0.25) is 0 Å². The zero-order chi connectivity index (χ0) is 15.8. The average Bonchev–Trinajstić information content (AvgIpc) is 2.99. The topological polar surface area (TPSA) is 40.1 Å². The largest absolute Gasteiger partial charge is 0.373 e. The van der Waals surface area contributed by atoms with E-state index in [1.165, 1.54) is 19.4 Å². The van der Waals surface area contributed by atoms with Gasteiger partial charge in [-0.05, 0) is 39.2 Å². The van der Waals surface area contributed by atoms with Crippen LogP contribution in [0.5, 0.6) is 0 Å². The third-order valence-corrected chi connectivity index (χ3v) is 4.50. The Balaban J connectivity index is 1.82. The third-order valence-electron chi connectivity index (χ3n) is 4.50. The molecule has 0 aromatic heterocycles. The highest BCUT2D eigenvalue weighted by Gasteiger charge is 2.32. The van der Waals surface area contributed by atoms with Gasteiger partial charge in [0.25, 0.3) is 0 Å². The van der Waals surface area contributed by atoms with E-state index in [1.54, 1.807) is 0 Å². The molecule has 22 heavy (non-hydrogen) atoms. The molecule has 2 rings (SSSR count). The molecule has 2 heterocycles. The Kier molecular flexibility index (Phi) is 7.19. The fraction of sp³-hybridized carbons (Fsp3) is 0.824. The Morgan fingerprint density at radius 1 is 1.55 bits per heavy atom. The maximum absolute atomic E-state index is 5.99. The van der Waals surface area contributed by atoms with Crippen molar-refractivity contribution in [2.45, 2.75) is 44.8 Å². The minimum Gasteiger partial charge on any atom is -0.373 e. The van der Waals surface area contributed by atoms with Crippen molar-refractivity contribution in [3.63, 3.8) is 0 Å². The number of nitrogens with zero attached hydrogens (tertiary/aromatic N) is 3. The zero-order valence-corrected chi connectivity index (χ0v) is 14.3. The van der Waals surface area contributed by atoms with Gasteiger partial charge < -0.3 is 15.0 Å². The van der Waals surface area contributed by atoms with Crippen molar-refractivity contribution in [2.75, 3.05) is 46.4 Å². The van der Waals surface area contributed by atoms with Crippen LogP contribution in [0.15, 0.2) is 17.6 Å². The van der Waals surface area contributed by atoms with E-state index in [-0.39, 0.29) is 6.10 Å². The van der Waals surface area contributed by atoms with Crippen LogP contribution < -0.4 is 5.32 Å². The summed E-state index contributed by atoms with van der Waals surface area (Å²) in [5.74, 6) is 0.985. The number of hydrogen-bond acceptors (Lipinski definition) is 3. The molecule has 2 fully saturated rings. The number of aliphatic imine (C=N–C) groups is 1. The number of morpholine rings is 1. The highest BCUT2D eigenvalue weighted by atomic mass is 16.5. The molecule has 2 saturated heterocycles. The highest BCUT2D eigenvalue weighted by molar-refractivity contribution is 5.79. The van der Waals surface area contributed by atoms with Crippen LogP contribution >= 0.6 is 0 Å². The van der Waals surface area contributed by atoms with Gasteiger partial charge in [-0.25, -0.2) is 0 Å². The second-order valence-electron chi connectivity index (χ2n) is 6.29. The van der Waals surface area contributed by atoms with Crippen LogP contribution in [0.3, 0.4) is 0 Å². The van der Waals surface area contributed by atoms with Crippen LogP contribution in [-0.4, -0.2) is 74.3 Å². The van der Waals surface area contributed by atoms with Gasteiger partial charge in [0.15, 0.2) is 5.96 Å². The van der Waals surface area contributed by atoms with E-state index in [4.69, 9.17) is 9.73 Å². The maximum Gasteiger partial charge on any atom is 0.193 e. The monoisotopic (exact) mass is 308 g/mol. The molecule has 2 atom stereocenters. The van der Waals surface area contributed by atoms with Crippen molar-refractivity contribution < 1.29 is 4.74 Å². The lowest BCUT2D eigenvalue weighted by Gasteiger charge is -2.34. The predicted octanol–water partition coefficient (Wildman–Crippen LogP) is 1.71. The number of fused-ring (bicyclic) bond motifs is 1. The van der Waals surface area contributed by atoms with Gasteiger partial charge >= 0.3 is 0 Å². The molecule has 2 aliphatic rings. The minimum atomic E-state index is 0.240. The number of nitrogens with one attached hydrogen (secondary N) is 1. The number of hydrogen-bond donors (Lipinski definition) is 1. The summed E-state index contributed by atoms with van der Waals surface area (Å²) >= 11 is 0. The summed E-state index contributed by atoms with van der Waals surface area (Å²) in [6.45, 7) is 11.7. The summed E-state index contributed by atoms with van der Waals surface area (Å²) < 4.78 is 5.99. The fourth-order valence-corrected chi connectivity index (χ4v) is 3.23. The van der Waals surface area contributed by atoms with Crippen LogP contribution in [-0.2, 0) is 4.74 Å². The maximum atomic E-state index is 5.99. The molecule has 0 aromatic carbocycles. The van der Waals surface area contributed by atoms with Crippen molar-refractivity contribution >= 4 is 5.96 Å². The van der Waals surface area contributed by atoms with E-state index >= 15 is 0 Å². The molecule has 0 spiro atoms. The molecular weight excluding hydrogens is 276 g/mol. The van der Waals surface area contributed by atoms with E-state index in [0.717, 1.165) is 51.6 Å². The quantitative estimate of drug-likeness (QED) is 0.336. The molecule has 1 N–H and O–H groups in total. The summed E-state index contributed by atoms with van der Waals surface area (Å²) in [4.78, 5) is 9.56. The van der Waals surface area contributed by atoms with E-state index in [9.17, 15) is 0 Å². The van der Waals surface area contributed by atoms with Crippen molar-refractivity contribution in [1.82, 2.24) is 15.1 Å². The molecular formula is C17H32N4O. The van der Waals surface area contributed by atoms with Gasteiger partial charge in [0.05, 0.1) is 19.3 Å². The smallest absolute Gasteiger partial charge is 0.193 e. The fourth-order valence-electron chi connectivity index (χ4n) is 3.23. The zero-order valence-electron chi connectivity index (χ0n) is 14.3. The second-order valence-corrected chi connectivity index (χ2v) is 6.29. The van der Waals surface area contributed by atoms with Crippen LogP contribution in [0.4, 0.5) is 0 Å². The van der Waals surface area contributed by atoms with E-state index < -0.39 is 0 Å². The van der Waals surface area contributed by atoms with Crippen molar-refractivity contribution in [3.8, 4) is 0 Å². The summed E-state index contributed by atoms with van der Waals surface area (Å²) in [7, 11) is 2.10. The van der Waals surface area contributed by atoms with Gasteiger partial charge in [-0.2, -0.15) is 0 Å². The average molecular weight is 308 g/mol. The van der Waals surface area contributed by atoms with E-state index in [0.29, 0.717) is 6.04 Å². The SMILES string of the molecule is C=CCCCN(C)C(=NCC1CN2CCCC2CO1)NCC. The Morgan fingerprint density at radius 2 is 2.41 bits per heavy atom. The Labute approximate surface area is 135 Å². The first kappa shape index (κ1) is 17.3. The van der Waals surface area contributed by atoms with Crippen LogP contribution in [0.2, 0.25) is 0 Å². The first-order valence-electron chi connectivity index (χ1n) is 8.70. The first-order chi connectivity index (χ1) is 10.7. The minimum absolute atomic E-state index is 0.240. The molecule has 2 aliphatic heterocycles. The molecule has 2 unspecified atom stereocenters. The van der Waals surface area contributed by atoms with Gasteiger partial charge in [-0.3, -0.25) is 9.89 Å². The molecule has 5 heteroatoms. The van der Waals surface area contributed by atoms with Crippen LogP contribution in [0, 0.1) is 0 Å². The van der Waals surface area contributed by atoms with Crippen molar-refractivity contribution in [1.29, 1.82) is 0 Å². The van der Waals surface area contributed by atoms with E-state index in [1.807, 2.05) is 6.08 Å². The molecule has 126 valence electrons. The highest BCUT2D eigenvalue weighted by Crippen LogP contribution is 2.22.